The number of hydrogen-bond donors (Lipinski definition) is 0. The summed E-state index contributed by atoms with van der Waals surface area (Å²) < 4.78 is 8.86. The number of nitrogens with zero attached hydrogens (tertiary/aromatic N) is 3. The van der Waals surface area contributed by atoms with E-state index in [0.29, 0.717) is 39.1 Å². The van der Waals surface area contributed by atoms with Crippen molar-refractivity contribution in [3.8, 4) is 21.7 Å². The summed E-state index contributed by atoms with van der Waals surface area (Å²) >= 11 is 1.80. The maximum absolute atomic E-state index is 12.9. The summed E-state index contributed by atoms with van der Waals surface area (Å²) in [6.45, 7) is 2.59. The molecule has 170 valence electrons. The number of thiophene rings is 1. The molecule has 4 heterocycles. The fourth-order valence-corrected chi connectivity index (χ4v) is 5.68. The zero-order valence-corrected chi connectivity index (χ0v) is 19.6. The number of ether oxygens (including phenoxy) is 1. The smallest absolute Gasteiger partial charge is 0.223 e. The van der Waals surface area contributed by atoms with Crippen molar-refractivity contribution in [3.05, 3.63) is 84.7 Å². The second-order valence-corrected chi connectivity index (χ2v) is 9.64. The summed E-state index contributed by atoms with van der Waals surface area (Å²) in [5.41, 5.74) is 5.15. The van der Waals surface area contributed by atoms with Gasteiger partial charge in [0, 0.05) is 46.4 Å². The standard InChI is InChI=1S/C28H25N3O2S/c32-27(30-14-16-33-17-15-30)13-11-23-28(20-6-2-1-3-7-20)29-26-12-10-22(19-31(23)26)25-18-21-8-4-5-9-24(21)34-25/h1-10,12,18-19H,11,13-17H2. The van der Waals surface area contributed by atoms with Gasteiger partial charge in [0.25, 0.3) is 0 Å². The molecule has 5 aromatic rings. The first-order valence-electron chi connectivity index (χ1n) is 11.7. The molecule has 0 aliphatic carbocycles. The van der Waals surface area contributed by atoms with E-state index in [0.717, 1.165) is 28.2 Å². The third-order valence-electron chi connectivity index (χ3n) is 6.41. The van der Waals surface area contributed by atoms with Crippen molar-refractivity contribution in [2.75, 3.05) is 26.3 Å². The Hall–Kier alpha value is -3.48. The third-order valence-corrected chi connectivity index (χ3v) is 7.58. The van der Waals surface area contributed by atoms with Crippen LogP contribution in [0.3, 0.4) is 0 Å². The van der Waals surface area contributed by atoms with Crippen LogP contribution < -0.4 is 0 Å². The van der Waals surface area contributed by atoms with Crippen molar-refractivity contribution >= 4 is 33.0 Å². The van der Waals surface area contributed by atoms with Gasteiger partial charge < -0.3 is 14.0 Å². The Kier molecular flexibility index (Phi) is 5.61. The van der Waals surface area contributed by atoms with Crippen LogP contribution in [0.2, 0.25) is 0 Å². The summed E-state index contributed by atoms with van der Waals surface area (Å²) in [4.78, 5) is 21.0. The molecule has 1 amide bonds. The van der Waals surface area contributed by atoms with Crippen molar-refractivity contribution in [2.45, 2.75) is 12.8 Å². The molecule has 0 atom stereocenters. The molecular formula is C28H25N3O2S. The first-order chi connectivity index (χ1) is 16.8. The Labute approximate surface area is 202 Å². The van der Waals surface area contributed by atoms with Crippen LogP contribution in [0.4, 0.5) is 0 Å². The van der Waals surface area contributed by atoms with Gasteiger partial charge in [0.15, 0.2) is 0 Å². The Bertz CT molecular complexity index is 1430. The van der Waals surface area contributed by atoms with Gasteiger partial charge in [0.05, 0.1) is 24.6 Å². The van der Waals surface area contributed by atoms with Crippen molar-refractivity contribution in [1.82, 2.24) is 14.3 Å². The first-order valence-corrected chi connectivity index (χ1v) is 12.5. The molecule has 34 heavy (non-hydrogen) atoms. The molecule has 3 aromatic heterocycles. The zero-order valence-electron chi connectivity index (χ0n) is 18.8. The number of amides is 1. The van der Waals surface area contributed by atoms with Crippen molar-refractivity contribution in [3.63, 3.8) is 0 Å². The van der Waals surface area contributed by atoms with Gasteiger partial charge in [-0.25, -0.2) is 4.98 Å². The normalized spacial score (nSPS) is 14.2. The minimum atomic E-state index is 0.179. The molecule has 0 unspecified atom stereocenters. The van der Waals surface area contributed by atoms with Crippen molar-refractivity contribution in [1.29, 1.82) is 0 Å². The van der Waals surface area contributed by atoms with Gasteiger partial charge in [0.2, 0.25) is 5.91 Å². The van der Waals surface area contributed by atoms with E-state index in [2.05, 4.69) is 65.2 Å². The Morgan fingerprint density at radius 1 is 0.941 bits per heavy atom. The largest absolute Gasteiger partial charge is 0.378 e. The first kappa shape index (κ1) is 21.1. The van der Waals surface area contributed by atoms with Crippen LogP contribution in [-0.4, -0.2) is 46.5 Å². The summed E-state index contributed by atoms with van der Waals surface area (Å²) in [6, 6.07) is 25.2. The second-order valence-electron chi connectivity index (χ2n) is 8.56. The minimum absolute atomic E-state index is 0.179. The van der Waals surface area contributed by atoms with Gasteiger partial charge >= 0.3 is 0 Å². The molecule has 5 nitrogen and oxygen atoms in total. The second kappa shape index (κ2) is 9.05. The highest BCUT2D eigenvalue weighted by molar-refractivity contribution is 7.22. The number of morpholine rings is 1. The fourth-order valence-electron chi connectivity index (χ4n) is 4.63. The quantitative estimate of drug-likeness (QED) is 0.334. The maximum atomic E-state index is 12.9. The third kappa shape index (κ3) is 4.00. The molecule has 1 aliphatic rings. The molecule has 0 spiro atoms. The summed E-state index contributed by atoms with van der Waals surface area (Å²) in [5, 5.41) is 1.26. The van der Waals surface area contributed by atoms with Crippen LogP contribution in [-0.2, 0) is 16.0 Å². The van der Waals surface area contributed by atoms with Gasteiger partial charge in [-0.1, -0.05) is 48.5 Å². The van der Waals surface area contributed by atoms with Gasteiger partial charge in [-0.3, -0.25) is 4.79 Å². The summed E-state index contributed by atoms with van der Waals surface area (Å²) in [7, 11) is 0. The van der Waals surface area contributed by atoms with Crippen molar-refractivity contribution < 1.29 is 9.53 Å². The number of carbonyl (C=O) groups excluding carboxylic acids is 1. The van der Waals surface area contributed by atoms with Crippen molar-refractivity contribution in [2.24, 2.45) is 0 Å². The molecule has 0 radical (unpaired) electrons. The van der Waals surface area contributed by atoms with Crippen LogP contribution in [0.25, 0.3) is 37.4 Å². The monoisotopic (exact) mass is 467 g/mol. The Balaban J connectivity index is 1.40. The van der Waals surface area contributed by atoms with E-state index in [1.54, 1.807) is 11.3 Å². The lowest BCUT2D eigenvalue weighted by Crippen LogP contribution is -2.40. The van der Waals surface area contributed by atoms with E-state index in [1.165, 1.54) is 15.0 Å². The fraction of sp³-hybridized carbons (Fsp3) is 0.214. The lowest BCUT2D eigenvalue weighted by molar-refractivity contribution is -0.135. The van der Waals surface area contributed by atoms with Gasteiger partial charge in [-0.2, -0.15) is 0 Å². The van der Waals surface area contributed by atoms with Crippen LogP contribution in [0.5, 0.6) is 0 Å². The summed E-state index contributed by atoms with van der Waals surface area (Å²) in [6.07, 6.45) is 3.27. The predicted octanol–water partition coefficient (Wildman–Crippen LogP) is 5.67. The van der Waals surface area contributed by atoms with Crippen LogP contribution in [0.15, 0.2) is 79.0 Å². The molecule has 6 heteroatoms. The highest BCUT2D eigenvalue weighted by atomic mass is 32.1. The number of hydrogen-bond acceptors (Lipinski definition) is 4. The number of pyridine rings is 1. The van der Waals surface area contributed by atoms with Crippen LogP contribution in [0, 0.1) is 0 Å². The zero-order chi connectivity index (χ0) is 22.9. The van der Waals surface area contributed by atoms with Gasteiger partial charge in [-0.15, -0.1) is 11.3 Å². The lowest BCUT2D eigenvalue weighted by atomic mass is 10.1. The topological polar surface area (TPSA) is 46.8 Å². The number of benzene rings is 2. The number of aromatic nitrogens is 2. The molecule has 0 N–H and O–H groups in total. The van der Waals surface area contributed by atoms with Gasteiger partial charge in [0.1, 0.15) is 5.65 Å². The van der Waals surface area contributed by atoms with E-state index in [-0.39, 0.29) is 5.91 Å². The molecule has 0 bridgehead atoms. The number of carbonyl (C=O) groups is 1. The highest BCUT2D eigenvalue weighted by Gasteiger charge is 2.20. The SMILES string of the molecule is O=C(CCc1c(-c2ccccc2)nc2ccc(-c3cc4ccccc4s3)cn12)N1CCOCC1. The molecular weight excluding hydrogens is 442 g/mol. The van der Waals surface area contributed by atoms with E-state index < -0.39 is 0 Å². The minimum Gasteiger partial charge on any atom is -0.378 e. The molecule has 0 saturated carbocycles. The maximum Gasteiger partial charge on any atom is 0.223 e. The van der Waals surface area contributed by atoms with E-state index >= 15 is 0 Å². The van der Waals surface area contributed by atoms with E-state index in [9.17, 15) is 4.79 Å². The van der Waals surface area contributed by atoms with E-state index in [1.807, 2.05) is 23.1 Å². The highest BCUT2D eigenvalue weighted by Crippen LogP contribution is 2.34. The average Bonchev–Trinajstić information content (AvgIpc) is 3.49. The number of imidazole rings is 1. The molecule has 1 fully saturated rings. The average molecular weight is 468 g/mol. The Morgan fingerprint density at radius 2 is 1.74 bits per heavy atom. The number of fused-ring (bicyclic) bond motifs is 2. The molecule has 1 saturated heterocycles. The summed E-state index contributed by atoms with van der Waals surface area (Å²) in [5.74, 6) is 0.179. The van der Waals surface area contributed by atoms with Gasteiger partial charge in [-0.05, 0) is 36.1 Å². The number of aryl methyl sites for hydroxylation is 1. The molecule has 6 rings (SSSR count). The number of rotatable bonds is 5. The molecule has 2 aromatic carbocycles. The Morgan fingerprint density at radius 3 is 2.56 bits per heavy atom. The lowest BCUT2D eigenvalue weighted by Gasteiger charge is -2.26. The van der Waals surface area contributed by atoms with E-state index in [4.69, 9.17) is 9.72 Å². The van der Waals surface area contributed by atoms with Crippen LogP contribution in [0.1, 0.15) is 12.1 Å². The van der Waals surface area contributed by atoms with Crippen LogP contribution >= 0.6 is 11.3 Å². The molecule has 1 aliphatic heterocycles. The predicted molar refractivity (Wildman–Crippen MR) is 137 cm³/mol.